The monoisotopic (exact) mass is 394 g/mol. The van der Waals surface area contributed by atoms with Crippen LogP contribution in [0.1, 0.15) is 25.3 Å². The van der Waals surface area contributed by atoms with Crippen molar-refractivity contribution < 1.29 is 13.9 Å². The first-order valence-corrected chi connectivity index (χ1v) is 9.81. The largest absolute Gasteiger partial charge is 0.389 e. The van der Waals surface area contributed by atoms with Crippen molar-refractivity contribution >= 4 is 27.5 Å². The van der Waals surface area contributed by atoms with E-state index in [2.05, 4.69) is 31.3 Å². The fourth-order valence-corrected chi connectivity index (χ4v) is 3.74. The van der Waals surface area contributed by atoms with Crippen LogP contribution in [0.5, 0.6) is 0 Å². The van der Waals surface area contributed by atoms with Gasteiger partial charge in [0.25, 0.3) is 0 Å². The van der Waals surface area contributed by atoms with Gasteiger partial charge in [0.2, 0.25) is 0 Å². The number of nitrogens with zero attached hydrogens (tertiary/aromatic N) is 1. The molecular weight excluding hydrogens is 370 g/mol. The third-order valence-corrected chi connectivity index (χ3v) is 5.30. The Hall–Kier alpha value is -2.92. The molecule has 0 radical (unpaired) electrons. The van der Waals surface area contributed by atoms with Crippen molar-refractivity contribution in [2.45, 2.75) is 32.4 Å². The summed E-state index contributed by atoms with van der Waals surface area (Å²) in [5.41, 5.74) is 3.75. The van der Waals surface area contributed by atoms with Gasteiger partial charge in [0.05, 0.1) is 12.6 Å². The maximum absolute atomic E-state index is 13.8. The molecule has 3 nitrogen and oxygen atoms in total. The van der Waals surface area contributed by atoms with Gasteiger partial charge < -0.3 is 15.0 Å². The van der Waals surface area contributed by atoms with E-state index in [1.54, 1.807) is 12.1 Å². The molecule has 0 aliphatic rings. The number of halogens is 2. The molecule has 0 saturated heterocycles. The summed E-state index contributed by atoms with van der Waals surface area (Å²) in [6, 6.07) is 17.1. The first-order chi connectivity index (χ1) is 13.9. The summed E-state index contributed by atoms with van der Waals surface area (Å²) in [6.07, 6.45) is -0.673. The Morgan fingerprint density at radius 1 is 0.862 bits per heavy atom. The van der Waals surface area contributed by atoms with E-state index in [1.807, 2.05) is 16.7 Å². The SMILES string of the molecule is CC(C)c1ccc(NCC(O)Cn2c3ccc(F)cc3c3cc(F)ccc32)cc1. The summed E-state index contributed by atoms with van der Waals surface area (Å²) < 4.78 is 29.4. The van der Waals surface area contributed by atoms with E-state index in [0.29, 0.717) is 29.8 Å². The smallest absolute Gasteiger partial charge is 0.123 e. The van der Waals surface area contributed by atoms with Crippen LogP contribution in [0.3, 0.4) is 0 Å². The average molecular weight is 394 g/mol. The van der Waals surface area contributed by atoms with Gasteiger partial charge in [0.15, 0.2) is 0 Å². The molecule has 0 aliphatic carbocycles. The number of benzene rings is 3. The molecule has 1 aromatic heterocycles. The number of hydrogen-bond acceptors (Lipinski definition) is 2. The van der Waals surface area contributed by atoms with Crippen molar-refractivity contribution in [1.29, 1.82) is 0 Å². The lowest BCUT2D eigenvalue weighted by atomic mass is 10.0. The fraction of sp³-hybridized carbons (Fsp3) is 0.250. The standard InChI is InChI=1S/C24H24F2N2O/c1-15(2)16-3-7-19(8-4-16)27-13-20(29)14-28-23-9-5-17(25)11-21(23)22-12-18(26)6-10-24(22)28/h3-12,15,20,27,29H,13-14H2,1-2H3. The average Bonchev–Trinajstić information content (AvgIpc) is 2.99. The predicted molar refractivity (Wildman–Crippen MR) is 114 cm³/mol. The molecule has 1 heterocycles. The number of nitrogens with one attached hydrogen (secondary N) is 1. The summed E-state index contributed by atoms with van der Waals surface area (Å²) in [5, 5.41) is 15.2. The second kappa shape index (κ2) is 7.84. The normalized spacial score (nSPS) is 12.8. The van der Waals surface area contributed by atoms with Crippen molar-refractivity contribution in [3.8, 4) is 0 Å². The van der Waals surface area contributed by atoms with Crippen LogP contribution in [0.15, 0.2) is 60.7 Å². The summed E-state index contributed by atoms with van der Waals surface area (Å²) in [6.45, 7) is 4.98. The lowest BCUT2D eigenvalue weighted by molar-refractivity contribution is 0.169. The molecule has 0 spiro atoms. The molecule has 0 aliphatic heterocycles. The van der Waals surface area contributed by atoms with E-state index in [1.165, 1.54) is 29.8 Å². The van der Waals surface area contributed by atoms with Gasteiger partial charge in [-0.05, 0) is 60.0 Å². The molecule has 29 heavy (non-hydrogen) atoms. The number of aliphatic hydroxyl groups is 1. The molecule has 1 unspecified atom stereocenters. The van der Waals surface area contributed by atoms with Crippen molar-refractivity contribution in [3.63, 3.8) is 0 Å². The summed E-state index contributed by atoms with van der Waals surface area (Å²) in [4.78, 5) is 0. The summed E-state index contributed by atoms with van der Waals surface area (Å²) >= 11 is 0. The zero-order chi connectivity index (χ0) is 20.5. The summed E-state index contributed by atoms with van der Waals surface area (Å²) in [5.74, 6) is -0.264. The van der Waals surface area contributed by atoms with Gasteiger partial charge in [0.1, 0.15) is 11.6 Å². The Morgan fingerprint density at radius 2 is 1.41 bits per heavy atom. The lowest BCUT2D eigenvalue weighted by Crippen LogP contribution is -2.24. The Bertz CT molecular complexity index is 1090. The molecule has 0 saturated carbocycles. The van der Waals surface area contributed by atoms with Crippen LogP contribution in [0, 0.1) is 11.6 Å². The lowest BCUT2D eigenvalue weighted by Gasteiger charge is -2.16. The molecule has 3 aromatic carbocycles. The molecule has 4 aromatic rings. The van der Waals surface area contributed by atoms with Crippen LogP contribution in [0.2, 0.25) is 0 Å². The van der Waals surface area contributed by atoms with Crippen LogP contribution in [-0.2, 0) is 6.54 Å². The van der Waals surface area contributed by atoms with E-state index in [0.717, 1.165) is 16.7 Å². The van der Waals surface area contributed by atoms with E-state index in [-0.39, 0.29) is 11.6 Å². The Labute approximate surface area is 168 Å². The van der Waals surface area contributed by atoms with Crippen LogP contribution in [0.25, 0.3) is 21.8 Å². The van der Waals surface area contributed by atoms with Crippen molar-refractivity contribution in [2.24, 2.45) is 0 Å². The minimum absolute atomic E-state index is 0.314. The molecule has 150 valence electrons. The first kappa shape index (κ1) is 19.4. The Kier molecular flexibility index (Phi) is 5.24. The van der Waals surface area contributed by atoms with Gasteiger partial charge in [-0.1, -0.05) is 26.0 Å². The quantitative estimate of drug-likeness (QED) is 0.442. The zero-order valence-electron chi connectivity index (χ0n) is 16.5. The van der Waals surface area contributed by atoms with Gasteiger partial charge in [-0.25, -0.2) is 8.78 Å². The van der Waals surface area contributed by atoms with Crippen LogP contribution in [0.4, 0.5) is 14.5 Å². The zero-order valence-corrected chi connectivity index (χ0v) is 16.5. The van der Waals surface area contributed by atoms with E-state index < -0.39 is 6.10 Å². The second-order valence-corrected chi connectivity index (χ2v) is 7.74. The molecule has 4 rings (SSSR count). The van der Waals surface area contributed by atoms with Crippen LogP contribution in [-0.4, -0.2) is 22.3 Å². The summed E-state index contributed by atoms with van der Waals surface area (Å²) in [7, 11) is 0. The maximum Gasteiger partial charge on any atom is 0.123 e. The molecule has 0 amide bonds. The van der Waals surface area contributed by atoms with Gasteiger partial charge >= 0.3 is 0 Å². The Morgan fingerprint density at radius 3 is 1.93 bits per heavy atom. The maximum atomic E-state index is 13.8. The van der Waals surface area contributed by atoms with Crippen LogP contribution < -0.4 is 5.32 Å². The molecular formula is C24H24F2N2O. The van der Waals surface area contributed by atoms with Gasteiger partial charge in [-0.2, -0.15) is 0 Å². The molecule has 5 heteroatoms. The highest BCUT2D eigenvalue weighted by Gasteiger charge is 2.15. The number of fused-ring (bicyclic) bond motifs is 3. The minimum Gasteiger partial charge on any atom is -0.389 e. The highest BCUT2D eigenvalue weighted by molar-refractivity contribution is 6.08. The highest BCUT2D eigenvalue weighted by atomic mass is 19.1. The molecule has 0 fully saturated rings. The van der Waals surface area contributed by atoms with Crippen LogP contribution >= 0.6 is 0 Å². The van der Waals surface area contributed by atoms with Gasteiger partial charge in [-0.15, -0.1) is 0 Å². The highest BCUT2D eigenvalue weighted by Crippen LogP contribution is 2.30. The van der Waals surface area contributed by atoms with Gasteiger partial charge in [0, 0.05) is 34.0 Å². The second-order valence-electron chi connectivity index (χ2n) is 7.74. The number of hydrogen-bond donors (Lipinski definition) is 2. The number of rotatable bonds is 6. The topological polar surface area (TPSA) is 37.2 Å². The van der Waals surface area contributed by atoms with E-state index in [9.17, 15) is 13.9 Å². The predicted octanol–water partition coefficient (Wildman–Crippen LogP) is 5.67. The van der Waals surface area contributed by atoms with Crippen molar-refractivity contribution in [2.75, 3.05) is 11.9 Å². The fourth-order valence-electron chi connectivity index (χ4n) is 3.74. The third-order valence-electron chi connectivity index (χ3n) is 5.30. The minimum atomic E-state index is -0.673. The first-order valence-electron chi connectivity index (χ1n) is 9.81. The Balaban J connectivity index is 1.56. The molecule has 1 atom stereocenters. The van der Waals surface area contributed by atoms with Gasteiger partial charge in [-0.3, -0.25) is 0 Å². The molecule has 0 bridgehead atoms. The number of anilines is 1. The number of aliphatic hydroxyl groups excluding tert-OH is 1. The molecule has 2 N–H and O–H groups in total. The van der Waals surface area contributed by atoms with Crippen molar-refractivity contribution in [1.82, 2.24) is 4.57 Å². The van der Waals surface area contributed by atoms with Crippen molar-refractivity contribution in [3.05, 3.63) is 77.9 Å². The third kappa shape index (κ3) is 3.96. The van der Waals surface area contributed by atoms with E-state index in [4.69, 9.17) is 0 Å². The van der Waals surface area contributed by atoms with E-state index >= 15 is 0 Å². The number of aromatic nitrogens is 1.